The molecule has 210 valence electrons. The molecule has 6 rings (SSSR count). The number of likely N-dealkylation sites (tertiary alicyclic amines) is 1. The molecule has 1 aromatic heterocycles. The summed E-state index contributed by atoms with van der Waals surface area (Å²) >= 11 is 0. The van der Waals surface area contributed by atoms with Gasteiger partial charge in [-0.15, -0.1) is 0 Å². The topological polar surface area (TPSA) is 92.2 Å². The lowest BCUT2D eigenvalue weighted by Crippen LogP contribution is -2.40. The fraction of sp³-hybridized carbons (Fsp3) is 0.400. The molecule has 3 aliphatic heterocycles. The average molecular weight is 563 g/mol. The standard InChI is InChI=1S/C30H34N4O5S/c1-2-34-28-11-10-23(40(37,38)33-14-16-39-17-15-33)19-25(28)26(30(34)36)18-22-20-32(27-9-5-4-8-24(22)27)21-29(35)31-12-6-3-7-13-31/h4-5,8-11,18-20H,2-3,6-7,12-17,21H2,1H3/b26-18-. The average Bonchev–Trinajstić information content (AvgIpc) is 3.47. The third kappa shape index (κ3) is 4.74. The fourth-order valence-corrected chi connectivity index (χ4v) is 7.39. The minimum absolute atomic E-state index is 0.0945. The number of amides is 2. The van der Waals surface area contributed by atoms with E-state index in [4.69, 9.17) is 4.74 Å². The van der Waals surface area contributed by atoms with E-state index in [-0.39, 0.29) is 23.3 Å². The van der Waals surface area contributed by atoms with E-state index in [0.29, 0.717) is 49.7 Å². The van der Waals surface area contributed by atoms with Crippen LogP contribution >= 0.6 is 0 Å². The number of carbonyl (C=O) groups is 2. The number of hydrogen-bond acceptors (Lipinski definition) is 5. The maximum atomic E-state index is 13.6. The van der Waals surface area contributed by atoms with E-state index in [1.807, 2.05) is 52.9 Å². The first kappa shape index (κ1) is 26.7. The summed E-state index contributed by atoms with van der Waals surface area (Å²) in [6.07, 6.45) is 7.00. The Kier molecular flexibility index (Phi) is 7.24. The third-order valence-electron chi connectivity index (χ3n) is 8.08. The van der Waals surface area contributed by atoms with E-state index < -0.39 is 10.0 Å². The number of aromatic nitrogens is 1. The summed E-state index contributed by atoms with van der Waals surface area (Å²) in [5, 5.41) is 0.933. The number of fused-ring (bicyclic) bond motifs is 2. The number of carbonyl (C=O) groups excluding carboxylic acids is 2. The molecule has 2 saturated heterocycles. The number of piperidine rings is 1. The molecule has 0 bridgehead atoms. The summed E-state index contributed by atoms with van der Waals surface area (Å²) in [5.41, 5.74) is 3.48. The highest BCUT2D eigenvalue weighted by atomic mass is 32.2. The normalized spacial score (nSPS) is 19.5. The Balaban J connectivity index is 1.40. The van der Waals surface area contributed by atoms with Crippen molar-refractivity contribution in [3.05, 3.63) is 59.8 Å². The first-order chi connectivity index (χ1) is 19.4. The summed E-state index contributed by atoms with van der Waals surface area (Å²) in [4.78, 5) is 30.5. The molecule has 0 aliphatic carbocycles. The number of hydrogen-bond donors (Lipinski definition) is 0. The van der Waals surface area contributed by atoms with E-state index in [9.17, 15) is 18.0 Å². The molecule has 0 saturated carbocycles. The highest BCUT2D eigenvalue weighted by Crippen LogP contribution is 2.40. The largest absolute Gasteiger partial charge is 0.379 e. The highest BCUT2D eigenvalue weighted by Gasteiger charge is 2.34. The number of sulfonamides is 1. The summed E-state index contributed by atoms with van der Waals surface area (Å²) in [7, 11) is -3.73. The van der Waals surface area contributed by atoms with Crippen LogP contribution in [0.2, 0.25) is 0 Å². The molecule has 9 nitrogen and oxygen atoms in total. The lowest BCUT2D eigenvalue weighted by molar-refractivity contribution is -0.132. The number of likely N-dealkylation sites (N-methyl/N-ethyl adjacent to an activating group) is 1. The molecule has 0 radical (unpaired) electrons. The highest BCUT2D eigenvalue weighted by molar-refractivity contribution is 7.89. The van der Waals surface area contributed by atoms with Crippen LogP contribution in [0.5, 0.6) is 0 Å². The summed E-state index contributed by atoms with van der Waals surface area (Å²) in [6, 6.07) is 12.8. The second kappa shape index (κ2) is 10.8. The summed E-state index contributed by atoms with van der Waals surface area (Å²) < 4.78 is 35.5. The van der Waals surface area contributed by atoms with Gasteiger partial charge in [0.25, 0.3) is 5.91 Å². The van der Waals surface area contributed by atoms with Crippen LogP contribution in [0.25, 0.3) is 22.6 Å². The van der Waals surface area contributed by atoms with Gasteiger partial charge in [-0.25, -0.2) is 8.42 Å². The zero-order valence-corrected chi connectivity index (χ0v) is 23.5. The van der Waals surface area contributed by atoms with Crippen LogP contribution in [0, 0.1) is 0 Å². The van der Waals surface area contributed by atoms with Gasteiger partial charge in [0.2, 0.25) is 15.9 Å². The minimum Gasteiger partial charge on any atom is -0.379 e. The first-order valence-electron chi connectivity index (χ1n) is 14.0. The third-order valence-corrected chi connectivity index (χ3v) is 9.98. The van der Waals surface area contributed by atoms with Crippen molar-refractivity contribution in [3.8, 4) is 0 Å². The van der Waals surface area contributed by atoms with E-state index in [2.05, 4.69) is 0 Å². The van der Waals surface area contributed by atoms with Crippen molar-refractivity contribution in [1.82, 2.24) is 13.8 Å². The van der Waals surface area contributed by atoms with Crippen LogP contribution < -0.4 is 4.90 Å². The predicted octanol–water partition coefficient (Wildman–Crippen LogP) is 3.58. The van der Waals surface area contributed by atoms with Gasteiger partial charge < -0.3 is 19.1 Å². The SMILES string of the molecule is CCN1C(=O)/C(=C\c2cn(CC(=O)N3CCCCC3)c3ccccc23)c2cc(S(=O)(=O)N3CCOCC3)ccc21. The Hall–Kier alpha value is -3.47. The van der Waals surface area contributed by atoms with Gasteiger partial charge in [-0.1, -0.05) is 18.2 Å². The van der Waals surface area contributed by atoms with Crippen LogP contribution in [0.4, 0.5) is 5.69 Å². The minimum atomic E-state index is -3.73. The smallest absolute Gasteiger partial charge is 0.258 e. The number of morpholine rings is 1. The Morgan fingerprint density at radius 3 is 2.50 bits per heavy atom. The lowest BCUT2D eigenvalue weighted by Gasteiger charge is -2.27. The Bertz CT molecular complexity index is 1600. The van der Waals surface area contributed by atoms with Gasteiger partial charge in [0.05, 0.1) is 23.8 Å². The van der Waals surface area contributed by atoms with Crippen molar-refractivity contribution in [2.45, 2.75) is 37.6 Å². The predicted molar refractivity (Wildman–Crippen MR) is 154 cm³/mol. The summed E-state index contributed by atoms with van der Waals surface area (Å²) in [6.45, 7) is 5.52. The second-order valence-electron chi connectivity index (χ2n) is 10.5. The second-order valence-corrected chi connectivity index (χ2v) is 12.4. The van der Waals surface area contributed by atoms with E-state index in [0.717, 1.165) is 48.8 Å². The van der Waals surface area contributed by atoms with Crippen molar-refractivity contribution in [3.63, 3.8) is 0 Å². The number of ether oxygens (including phenoxy) is 1. The number of anilines is 1. The van der Waals surface area contributed by atoms with Gasteiger partial charge in [0, 0.05) is 66.5 Å². The molecule has 40 heavy (non-hydrogen) atoms. The molecular weight excluding hydrogens is 528 g/mol. The maximum Gasteiger partial charge on any atom is 0.258 e. The van der Waals surface area contributed by atoms with E-state index >= 15 is 0 Å². The molecule has 0 atom stereocenters. The molecule has 3 aliphatic rings. The molecule has 3 aromatic rings. The molecule has 0 unspecified atom stereocenters. The molecular formula is C30H34N4O5S. The quantitative estimate of drug-likeness (QED) is 0.429. The zero-order valence-electron chi connectivity index (χ0n) is 22.7. The van der Waals surface area contributed by atoms with Gasteiger partial charge in [-0.05, 0) is 56.5 Å². The monoisotopic (exact) mass is 562 g/mol. The molecule has 2 amide bonds. The maximum absolute atomic E-state index is 13.6. The number of para-hydroxylation sites is 1. The number of rotatable bonds is 6. The Labute approximate surface area is 234 Å². The first-order valence-corrected chi connectivity index (χ1v) is 15.4. The Morgan fingerprint density at radius 2 is 1.75 bits per heavy atom. The van der Waals surface area contributed by atoms with Gasteiger partial charge in [0.15, 0.2) is 0 Å². The van der Waals surface area contributed by atoms with Crippen molar-refractivity contribution in [1.29, 1.82) is 0 Å². The van der Waals surface area contributed by atoms with Crippen LogP contribution in [0.15, 0.2) is 53.6 Å². The van der Waals surface area contributed by atoms with Crippen LogP contribution in [-0.4, -0.2) is 79.9 Å². The van der Waals surface area contributed by atoms with Crippen LogP contribution in [0.3, 0.4) is 0 Å². The van der Waals surface area contributed by atoms with E-state index in [1.165, 1.54) is 4.31 Å². The summed E-state index contributed by atoms with van der Waals surface area (Å²) in [5.74, 6) is -0.0725. The van der Waals surface area contributed by atoms with Crippen molar-refractivity contribution < 1.29 is 22.7 Å². The fourth-order valence-electron chi connectivity index (χ4n) is 5.95. The number of benzene rings is 2. The molecule has 0 spiro atoms. The van der Waals surface area contributed by atoms with Gasteiger partial charge in [-0.3, -0.25) is 9.59 Å². The molecule has 10 heteroatoms. The van der Waals surface area contributed by atoms with Crippen molar-refractivity contribution in [2.24, 2.45) is 0 Å². The van der Waals surface area contributed by atoms with Gasteiger partial charge >= 0.3 is 0 Å². The van der Waals surface area contributed by atoms with Crippen LogP contribution in [0.1, 0.15) is 37.3 Å². The van der Waals surface area contributed by atoms with Crippen LogP contribution in [-0.2, 0) is 30.9 Å². The van der Waals surface area contributed by atoms with Gasteiger partial charge in [0.1, 0.15) is 6.54 Å². The Morgan fingerprint density at radius 1 is 1.00 bits per heavy atom. The van der Waals surface area contributed by atoms with E-state index in [1.54, 1.807) is 23.1 Å². The molecule has 0 N–H and O–H groups in total. The van der Waals surface area contributed by atoms with Gasteiger partial charge in [-0.2, -0.15) is 4.31 Å². The van der Waals surface area contributed by atoms with Crippen molar-refractivity contribution in [2.75, 3.05) is 50.8 Å². The van der Waals surface area contributed by atoms with Crippen molar-refractivity contribution >= 4 is 50.1 Å². The molecule has 4 heterocycles. The zero-order chi connectivity index (χ0) is 27.9. The lowest BCUT2D eigenvalue weighted by atomic mass is 10.0. The molecule has 2 aromatic carbocycles. The number of nitrogens with zero attached hydrogens (tertiary/aromatic N) is 4. The molecule has 2 fully saturated rings.